The highest BCUT2D eigenvalue weighted by Gasteiger charge is 2.10. The summed E-state index contributed by atoms with van der Waals surface area (Å²) < 4.78 is 12.3. The molecular weight excluding hydrogens is 330 g/mol. The molecule has 0 radical (unpaired) electrons. The predicted octanol–water partition coefficient (Wildman–Crippen LogP) is 3.76. The average molecular weight is 351 g/mol. The van der Waals surface area contributed by atoms with Gasteiger partial charge in [0, 0.05) is 35.1 Å². The summed E-state index contributed by atoms with van der Waals surface area (Å²) in [5.74, 6) is 1.01. The largest absolute Gasteiger partial charge is 0.497 e. The standard InChI is InChI=1S/C20H21N3O3/c1-13-9-14(2)23(22-13)17-7-5-15(6-8-17)20(24)21-16-10-18(25-3)12-19(11-16)26-4/h5-12H,1-4H3,(H,21,24). The Morgan fingerprint density at radius 3 is 2.08 bits per heavy atom. The van der Waals surface area contributed by atoms with Crippen molar-refractivity contribution in [3.8, 4) is 17.2 Å². The molecule has 0 saturated carbocycles. The maximum atomic E-state index is 12.5. The zero-order chi connectivity index (χ0) is 18.7. The van der Waals surface area contributed by atoms with E-state index in [4.69, 9.17) is 9.47 Å². The number of aryl methyl sites for hydroxylation is 2. The van der Waals surface area contributed by atoms with Gasteiger partial charge < -0.3 is 14.8 Å². The molecule has 0 fully saturated rings. The first-order chi connectivity index (χ1) is 12.5. The molecule has 26 heavy (non-hydrogen) atoms. The third-order valence-electron chi connectivity index (χ3n) is 3.99. The molecule has 0 atom stereocenters. The molecule has 0 aliphatic carbocycles. The van der Waals surface area contributed by atoms with Crippen LogP contribution in [0.25, 0.3) is 5.69 Å². The first-order valence-electron chi connectivity index (χ1n) is 8.18. The lowest BCUT2D eigenvalue weighted by Crippen LogP contribution is -2.12. The molecule has 6 nitrogen and oxygen atoms in total. The molecular formula is C20H21N3O3. The molecule has 1 N–H and O–H groups in total. The minimum atomic E-state index is -0.208. The van der Waals surface area contributed by atoms with Gasteiger partial charge >= 0.3 is 0 Å². The fraction of sp³-hybridized carbons (Fsp3) is 0.200. The third kappa shape index (κ3) is 3.69. The molecule has 0 spiro atoms. The molecule has 3 aromatic rings. The molecule has 134 valence electrons. The van der Waals surface area contributed by atoms with Crippen LogP contribution < -0.4 is 14.8 Å². The minimum Gasteiger partial charge on any atom is -0.497 e. The number of ether oxygens (including phenoxy) is 2. The van der Waals surface area contributed by atoms with Crippen molar-refractivity contribution in [2.24, 2.45) is 0 Å². The van der Waals surface area contributed by atoms with Crippen LogP contribution in [0, 0.1) is 13.8 Å². The highest BCUT2D eigenvalue weighted by molar-refractivity contribution is 6.04. The van der Waals surface area contributed by atoms with Crippen LogP contribution in [0.5, 0.6) is 11.5 Å². The number of anilines is 1. The maximum absolute atomic E-state index is 12.5. The monoisotopic (exact) mass is 351 g/mol. The van der Waals surface area contributed by atoms with Crippen molar-refractivity contribution < 1.29 is 14.3 Å². The summed E-state index contributed by atoms with van der Waals surface area (Å²) in [6.45, 7) is 3.95. The van der Waals surface area contributed by atoms with Crippen LogP contribution in [-0.4, -0.2) is 29.9 Å². The number of aromatic nitrogens is 2. The Morgan fingerprint density at radius 2 is 1.58 bits per heavy atom. The molecule has 0 aliphatic heterocycles. The second kappa shape index (κ2) is 7.31. The van der Waals surface area contributed by atoms with E-state index in [2.05, 4.69) is 10.4 Å². The molecule has 0 aliphatic rings. The number of carbonyl (C=O) groups excluding carboxylic acids is 1. The lowest BCUT2D eigenvalue weighted by molar-refractivity contribution is 0.102. The summed E-state index contributed by atoms with van der Waals surface area (Å²) in [5, 5.41) is 7.31. The molecule has 1 heterocycles. The van der Waals surface area contributed by atoms with Crippen molar-refractivity contribution >= 4 is 11.6 Å². The number of amides is 1. The van der Waals surface area contributed by atoms with E-state index in [0.29, 0.717) is 22.7 Å². The number of hydrogen-bond acceptors (Lipinski definition) is 4. The van der Waals surface area contributed by atoms with E-state index in [9.17, 15) is 4.79 Å². The summed E-state index contributed by atoms with van der Waals surface area (Å²) in [6.07, 6.45) is 0. The lowest BCUT2D eigenvalue weighted by Gasteiger charge is -2.10. The van der Waals surface area contributed by atoms with Crippen LogP contribution in [0.15, 0.2) is 48.5 Å². The Labute approximate surface area is 152 Å². The van der Waals surface area contributed by atoms with Crippen LogP contribution in [0.2, 0.25) is 0 Å². The van der Waals surface area contributed by atoms with E-state index in [1.54, 1.807) is 44.6 Å². The topological polar surface area (TPSA) is 65.4 Å². The van der Waals surface area contributed by atoms with E-state index < -0.39 is 0 Å². The van der Waals surface area contributed by atoms with Crippen molar-refractivity contribution in [1.82, 2.24) is 9.78 Å². The van der Waals surface area contributed by atoms with Gasteiger partial charge in [0.2, 0.25) is 0 Å². The normalized spacial score (nSPS) is 10.5. The van der Waals surface area contributed by atoms with Crippen molar-refractivity contribution in [2.45, 2.75) is 13.8 Å². The molecule has 1 aromatic heterocycles. The molecule has 2 aromatic carbocycles. The third-order valence-corrected chi connectivity index (χ3v) is 3.99. The fourth-order valence-electron chi connectivity index (χ4n) is 2.73. The number of rotatable bonds is 5. The molecule has 0 unspecified atom stereocenters. The summed E-state index contributed by atoms with van der Waals surface area (Å²) in [4.78, 5) is 12.5. The second-order valence-electron chi connectivity index (χ2n) is 5.94. The van der Waals surface area contributed by atoms with Gasteiger partial charge in [-0.15, -0.1) is 0 Å². The Balaban J connectivity index is 1.79. The second-order valence-corrected chi connectivity index (χ2v) is 5.94. The smallest absolute Gasteiger partial charge is 0.255 e. The summed E-state index contributed by atoms with van der Waals surface area (Å²) in [7, 11) is 3.14. The van der Waals surface area contributed by atoms with Gasteiger partial charge in [-0.25, -0.2) is 4.68 Å². The van der Waals surface area contributed by atoms with Gasteiger partial charge in [-0.3, -0.25) is 4.79 Å². The molecule has 6 heteroatoms. The average Bonchev–Trinajstić information content (AvgIpc) is 2.99. The van der Waals surface area contributed by atoms with E-state index in [1.807, 2.05) is 36.7 Å². The highest BCUT2D eigenvalue weighted by Crippen LogP contribution is 2.26. The zero-order valence-corrected chi connectivity index (χ0v) is 15.2. The Kier molecular flexibility index (Phi) is 4.93. The maximum Gasteiger partial charge on any atom is 0.255 e. The van der Waals surface area contributed by atoms with E-state index in [-0.39, 0.29) is 5.91 Å². The van der Waals surface area contributed by atoms with Gasteiger partial charge in [-0.2, -0.15) is 5.10 Å². The lowest BCUT2D eigenvalue weighted by atomic mass is 10.2. The molecule has 0 saturated heterocycles. The summed E-state index contributed by atoms with van der Waals surface area (Å²) >= 11 is 0. The first-order valence-corrected chi connectivity index (χ1v) is 8.18. The van der Waals surface area contributed by atoms with Crippen molar-refractivity contribution in [3.63, 3.8) is 0 Å². The first kappa shape index (κ1) is 17.5. The van der Waals surface area contributed by atoms with E-state index in [0.717, 1.165) is 17.1 Å². The van der Waals surface area contributed by atoms with Gasteiger partial charge in [-0.1, -0.05) is 0 Å². The van der Waals surface area contributed by atoms with Gasteiger partial charge in [-0.05, 0) is 44.2 Å². The zero-order valence-electron chi connectivity index (χ0n) is 15.2. The van der Waals surface area contributed by atoms with Crippen LogP contribution in [-0.2, 0) is 0 Å². The Hall–Kier alpha value is -3.28. The van der Waals surface area contributed by atoms with Gasteiger partial charge in [0.15, 0.2) is 0 Å². The number of methoxy groups -OCH3 is 2. The SMILES string of the molecule is COc1cc(NC(=O)c2ccc(-n3nc(C)cc3C)cc2)cc(OC)c1. The van der Waals surface area contributed by atoms with Crippen molar-refractivity contribution in [2.75, 3.05) is 19.5 Å². The summed E-state index contributed by atoms with van der Waals surface area (Å²) in [6, 6.07) is 14.5. The number of carbonyl (C=O) groups is 1. The van der Waals surface area contributed by atoms with Gasteiger partial charge in [0.05, 0.1) is 25.6 Å². The summed E-state index contributed by atoms with van der Waals surface area (Å²) in [5.41, 5.74) is 4.07. The minimum absolute atomic E-state index is 0.208. The molecule has 3 rings (SSSR count). The van der Waals surface area contributed by atoms with Crippen LogP contribution in [0.1, 0.15) is 21.7 Å². The Morgan fingerprint density at radius 1 is 0.962 bits per heavy atom. The predicted molar refractivity (Wildman–Crippen MR) is 101 cm³/mol. The van der Waals surface area contributed by atoms with E-state index >= 15 is 0 Å². The Bertz CT molecular complexity index is 908. The number of benzene rings is 2. The quantitative estimate of drug-likeness (QED) is 0.760. The van der Waals surface area contributed by atoms with Crippen molar-refractivity contribution in [1.29, 1.82) is 0 Å². The van der Waals surface area contributed by atoms with E-state index in [1.165, 1.54) is 0 Å². The van der Waals surface area contributed by atoms with Crippen LogP contribution >= 0.6 is 0 Å². The van der Waals surface area contributed by atoms with Crippen LogP contribution in [0.4, 0.5) is 5.69 Å². The highest BCUT2D eigenvalue weighted by atomic mass is 16.5. The van der Waals surface area contributed by atoms with Crippen molar-refractivity contribution in [3.05, 3.63) is 65.5 Å². The van der Waals surface area contributed by atoms with Gasteiger partial charge in [0.25, 0.3) is 5.91 Å². The fourth-order valence-corrected chi connectivity index (χ4v) is 2.73. The van der Waals surface area contributed by atoms with Crippen LogP contribution in [0.3, 0.4) is 0 Å². The molecule has 1 amide bonds. The number of hydrogen-bond donors (Lipinski definition) is 1. The molecule has 0 bridgehead atoms. The number of nitrogens with zero attached hydrogens (tertiary/aromatic N) is 2. The van der Waals surface area contributed by atoms with Gasteiger partial charge in [0.1, 0.15) is 11.5 Å². The number of nitrogens with one attached hydrogen (secondary N) is 1.